The fourth-order valence-electron chi connectivity index (χ4n) is 2.38. The van der Waals surface area contributed by atoms with E-state index in [0.717, 1.165) is 24.6 Å². The Bertz CT molecular complexity index is 582. The van der Waals surface area contributed by atoms with Gasteiger partial charge in [-0.25, -0.2) is 4.79 Å². The van der Waals surface area contributed by atoms with Gasteiger partial charge in [-0.2, -0.15) is 11.8 Å². The number of hydrogen-bond acceptors (Lipinski definition) is 4. The molecule has 0 bridgehead atoms. The van der Waals surface area contributed by atoms with Gasteiger partial charge in [-0.3, -0.25) is 19.8 Å². The summed E-state index contributed by atoms with van der Waals surface area (Å²) in [6.07, 6.45) is 0. The minimum absolute atomic E-state index is 0.0174. The summed E-state index contributed by atoms with van der Waals surface area (Å²) in [4.78, 5) is 38.3. The highest BCUT2D eigenvalue weighted by atomic mass is 32.2. The zero-order valence-corrected chi connectivity index (χ0v) is 12.2. The van der Waals surface area contributed by atoms with Crippen LogP contribution in [0.2, 0.25) is 0 Å². The molecule has 6 nitrogen and oxygen atoms in total. The summed E-state index contributed by atoms with van der Waals surface area (Å²) in [7, 11) is 0. The number of amides is 4. The molecule has 0 saturated carbocycles. The van der Waals surface area contributed by atoms with Crippen molar-refractivity contribution in [3.8, 4) is 0 Å². The van der Waals surface area contributed by atoms with Gasteiger partial charge >= 0.3 is 6.03 Å². The maximum atomic E-state index is 12.3. The van der Waals surface area contributed by atoms with E-state index in [1.165, 1.54) is 4.90 Å². The van der Waals surface area contributed by atoms with Crippen molar-refractivity contribution in [1.82, 2.24) is 10.2 Å². The van der Waals surface area contributed by atoms with Crippen LogP contribution in [0, 0.1) is 0 Å². The zero-order valence-electron chi connectivity index (χ0n) is 11.4. The third-order valence-corrected chi connectivity index (χ3v) is 4.46. The molecule has 0 radical (unpaired) electrons. The standard InChI is InChI=1S/C14H15N3O3S/c18-12-9-17(14(20)15-12)11-3-1-10(2-4-11)13(19)16-5-7-21-8-6-16/h1-4H,5-9H2,(H,15,18,20). The summed E-state index contributed by atoms with van der Waals surface area (Å²) in [5.74, 6) is 1.65. The van der Waals surface area contributed by atoms with E-state index < -0.39 is 6.03 Å². The molecule has 1 aromatic carbocycles. The van der Waals surface area contributed by atoms with Gasteiger partial charge in [0, 0.05) is 35.8 Å². The molecule has 2 heterocycles. The molecule has 110 valence electrons. The van der Waals surface area contributed by atoms with Gasteiger partial charge in [0.05, 0.1) is 0 Å². The Kier molecular flexibility index (Phi) is 3.83. The van der Waals surface area contributed by atoms with Crippen LogP contribution in [0.3, 0.4) is 0 Å². The summed E-state index contributed by atoms with van der Waals surface area (Å²) in [6.45, 7) is 1.57. The Hall–Kier alpha value is -2.02. The average molecular weight is 305 g/mol. The van der Waals surface area contributed by atoms with Gasteiger partial charge < -0.3 is 4.90 Å². The zero-order chi connectivity index (χ0) is 14.8. The molecule has 2 aliphatic rings. The van der Waals surface area contributed by atoms with Gasteiger partial charge in [0.15, 0.2) is 0 Å². The molecule has 3 rings (SSSR count). The first-order valence-corrected chi connectivity index (χ1v) is 7.89. The van der Waals surface area contributed by atoms with Gasteiger partial charge in [0.1, 0.15) is 6.54 Å². The Morgan fingerprint density at radius 3 is 2.33 bits per heavy atom. The second-order valence-corrected chi connectivity index (χ2v) is 6.12. The Balaban J connectivity index is 1.73. The number of urea groups is 1. The van der Waals surface area contributed by atoms with Crippen molar-refractivity contribution in [3.63, 3.8) is 0 Å². The number of nitrogens with one attached hydrogen (secondary N) is 1. The minimum atomic E-state index is -0.424. The first kappa shape index (κ1) is 13.9. The SMILES string of the molecule is O=C1CN(c2ccc(C(=O)N3CCSCC3)cc2)C(=O)N1. The quantitative estimate of drug-likeness (QED) is 0.825. The van der Waals surface area contributed by atoms with Crippen molar-refractivity contribution in [2.75, 3.05) is 36.0 Å². The second-order valence-electron chi connectivity index (χ2n) is 4.89. The minimum Gasteiger partial charge on any atom is -0.337 e. The first-order valence-electron chi connectivity index (χ1n) is 6.73. The third-order valence-electron chi connectivity index (χ3n) is 3.52. The summed E-state index contributed by atoms with van der Waals surface area (Å²) < 4.78 is 0. The van der Waals surface area contributed by atoms with Crippen LogP contribution in [0.4, 0.5) is 10.5 Å². The largest absolute Gasteiger partial charge is 0.337 e. The van der Waals surface area contributed by atoms with E-state index in [9.17, 15) is 14.4 Å². The maximum Gasteiger partial charge on any atom is 0.329 e. The molecule has 0 aromatic heterocycles. The number of carbonyl (C=O) groups excluding carboxylic acids is 3. The number of carbonyl (C=O) groups is 3. The van der Waals surface area contributed by atoms with E-state index >= 15 is 0 Å². The van der Waals surface area contributed by atoms with E-state index in [0.29, 0.717) is 11.3 Å². The van der Waals surface area contributed by atoms with Crippen LogP contribution >= 0.6 is 11.8 Å². The van der Waals surface area contributed by atoms with Gasteiger partial charge in [-0.1, -0.05) is 0 Å². The van der Waals surface area contributed by atoms with E-state index in [4.69, 9.17) is 0 Å². The number of rotatable bonds is 2. The van der Waals surface area contributed by atoms with Crippen LogP contribution in [0.15, 0.2) is 24.3 Å². The maximum absolute atomic E-state index is 12.3. The molecule has 2 saturated heterocycles. The van der Waals surface area contributed by atoms with E-state index in [2.05, 4.69) is 5.32 Å². The second kappa shape index (κ2) is 5.77. The van der Waals surface area contributed by atoms with Crippen LogP contribution < -0.4 is 10.2 Å². The van der Waals surface area contributed by atoms with Crippen LogP contribution in [-0.4, -0.2) is 53.9 Å². The third kappa shape index (κ3) is 2.87. The number of thioether (sulfide) groups is 1. The average Bonchev–Trinajstić information content (AvgIpc) is 2.86. The van der Waals surface area contributed by atoms with E-state index in [-0.39, 0.29) is 18.4 Å². The van der Waals surface area contributed by atoms with Gasteiger partial charge in [0.2, 0.25) is 5.91 Å². The van der Waals surface area contributed by atoms with Gasteiger partial charge in [-0.05, 0) is 24.3 Å². The molecule has 1 N–H and O–H groups in total. The van der Waals surface area contributed by atoms with Crippen LogP contribution in [0.1, 0.15) is 10.4 Å². The van der Waals surface area contributed by atoms with Crippen molar-refractivity contribution < 1.29 is 14.4 Å². The summed E-state index contributed by atoms with van der Waals surface area (Å²) in [5.41, 5.74) is 1.22. The summed E-state index contributed by atoms with van der Waals surface area (Å²) in [6, 6.07) is 6.38. The van der Waals surface area contributed by atoms with Crippen molar-refractivity contribution in [3.05, 3.63) is 29.8 Å². The highest BCUT2D eigenvalue weighted by Crippen LogP contribution is 2.19. The molecule has 4 amide bonds. The predicted molar refractivity (Wildman–Crippen MR) is 80.6 cm³/mol. The lowest BCUT2D eigenvalue weighted by atomic mass is 10.1. The highest BCUT2D eigenvalue weighted by Gasteiger charge is 2.28. The lowest BCUT2D eigenvalue weighted by Gasteiger charge is -2.26. The van der Waals surface area contributed by atoms with Crippen molar-refractivity contribution >= 4 is 35.3 Å². The molecule has 0 spiro atoms. The normalized spacial score (nSPS) is 18.9. The Labute approximate surface area is 126 Å². The topological polar surface area (TPSA) is 69.7 Å². The number of nitrogens with zero attached hydrogens (tertiary/aromatic N) is 2. The van der Waals surface area contributed by atoms with E-state index in [1.807, 2.05) is 16.7 Å². The number of hydrogen-bond donors (Lipinski definition) is 1. The lowest BCUT2D eigenvalue weighted by molar-refractivity contribution is -0.117. The fraction of sp³-hybridized carbons (Fsp3) is 0.357. The number of anilines is 1. The molecule has 7 heteroatoms. The summed E-state index contributed by atoms with van der Waals surface area (Å²) in [5, 5.41) is 2.22. The molecule has 0 atom stereocenters. The molecule has 0 aliphatic carbocycles. The van der Waals surface area contributed by atoms with Gasteiger partial charge in [0.25, 0.3) is 5.91 Å². The monoisotopic (exact) mass is 305 g/mol. The van der Waals surface area contributed by atoms with Crippen molar-refractivity contribution in [1.29, 1.82) is 0 Å². The highest BCUT2D eigenvalue weighted by molar-refractivity contribution is 7.99. The molecule has 2 fully saturated rings. The molecule has 2 aliphatic heterocycles. The summed E-state index contributed by atoms with van der Waals surface area (Å²) >= 11 is 1.85. The van der Waals surface area contributed by atoms with Crippen molar-refractivity contribution in [2.24, 2.45) is 0 Å². The smallest absolute Gasteiger partial charge is 0.329 e. The predicted octanol–water partition coefficient (Wildman–Crippen LogP) is 0.932. The Morgan fingerprint density at radius 1 is 1.10 bits per heavy atom. The fourth-order valence-corrected chi connectivity index (χ4v) is 3.29. The molecule has 1 aromatic rings. The van der Waals surface area contributed by atoms with Crippen LogP contribution in [0.5, 0.6) is 0 Å². The van der Waals surface area contributed by atoms with Crippen LogP contribution in [-0.2, 0) is 4.79 Å². The first-order chi connectivity index (χ1) is 10.1. The molecular weight excluding hydrogens is 290 g/mol. The van der Waals surface area contributed by atoms with Crippen molar-refractivity contribution in [2.45, 2.75) is 0 Å². The van der Waals surface area contributed by atoms with E-state index in [1.54, 1.807) is 24.3 Å². The molecular formula is C14H15N3O3S. The molecule has 0 unspecified atom stereocenters. The lowest BCUT2D eigenvalue weighted by Crippen LogP contribution is -2.37. The van der Waals surface area contributed by atoms with Crippen LogP contribution in [0.25, 0.3) is 0 Å². The molecule has 21 heavy (non-hydrogen) atoms. The number of imide groups is 1. The van der Waals surface area contributed by atoms with Gasteiger partial charge in [-0.15, -0.1) is 0 Å². The number of benzene rings is 1. The Morgan fingerprint density at radius 2 is 1.76 bits per heavy atom.